The van der Waals surface area contributed by atoms with Gasteiger partial charge in [0.15, 0.2) is 0 Å². The first-order valence-electron chi connectivity index (χ1n) is 6.03. The lowest BCUT2D eigenvalue weighted by atomic mass is 10.1. The molecule has 0 aromatic heterocycles. The van der Waals surface area contributed by atoms with E-state index in [1.165, 1.54) is 14.0 Å². The van der Waals surface area contributed by atoms with Gasteiger partial charge in [-0.05, 0) is 25.1 Å². The van der Waals surface area contributed by atoms with E-state index in [4.69, 9.17) is 21.1 Å². The van der Waals surface area contributed by atoms with Crippen molar-refractivity contribution in [3.05, 3.63) is 23.8 Å². The van der Waals surface area contributed by atoms with Gasteiger partial charge in [-0.25, -0.2) is 0 Å². The minimum Gasteiger partial charge on any atom is -0.489 e. The van der Waals surface area contributed by atoms with E-state index in [2.05, 4.69) is 5.32 Å². The molecule has 0 saturated carbocycles. The Kier molecular flexibility index (Phi) is 6.29. The molecule has 0 bridgehead atoms. The van der Waals surface area contributed by atoms with Crippen molar-refractivity contribution in [2.24, 2.45) is 0 Å². The fourth-order valence-electron chi connectivity index (χ4n) is 1.40. The molecule has 0 unspecified atom stereocenters. The zero-order chi connectivity index (χ0) is 16.0. The van der Waals surface area contributed by atoms with Crippen LogP contribution >= 0.6 is 11.6 Å². The van der Waals surface area contributed by atoms with E-state index >= 15 is 0 Å². The molecule has 1 aromatic rings. The van der Waals surface area contributed by atoms with E-state index in [-0.39, 0.29) is 24.7 Å². The molecule has 1 aromatic carbocycles. The van der Waals surface area contributed by atoms with Gasteiger partial charge in [-0.2, -0.15) is 13.2 Å². The molecule has 0 radical (unpaired) electrons. The maximum atomic E-state index is 12.7. The number of halogens is 4. The van der Waals surface area contributed by atoms with Crippen molar-refractivity contribution < 1.29 is 27.4 Å². The largest absolute Gasteiger partial charge is 0.489 e. The van der Waals surface area contributed by atoms with Gasteiger partial charge in [-0.1, -0.05) is 0 Å². The fraction of sp³-hybridized carbons (Fsp3) is 0.462. The van der Waals surface area contributed by atoms with Gasteiger partial charge in [-0.3, -0.25) is 4.79 Å². The number of carbonyl (C=O) groups excluding carboxylic acids is 1. The predicted molar refractivity (Wildman–Crippen MR) is 72.8 cm³/mol. The van der Waals surface area contributed by atoms with Gasteiger partial charge < -0.3 is 14.8 Å². The van der Waals surface area contributed by atoms with E-state index in [1.54, 1.807) is 0 Å². The van der Waals surface area contributed by atoms with Crippen molar-refractivity contribution in [2.45, 2.75) is 18.5 Å². The lowest BCUT2D eigenvalue weighted by Gasteiger charge is -2.15. The number of rotatable bonds is 6. The van der Waals surface area contributed by atoms with Gasteiger partial charge in [0.2, 0.25) is 5.91 Å². The highest BCUT2D eigenvalue weighted by atomic mass is 35.5. The molecule has 0 spiro atoms. The monoisotopic (exact) mass is 325 g/mol. The smallest absolute Gasteiger partial charge is 0.416 e. The number of hydrogen-bond acceptors (Lipinski definition) is 3. The van der Waals surface area contributed by atoms with Crippen LogP contribution in [0.3, 0.4) is 0 Å². The predicted octanol–water partition coefficient (Wildman–Crippen LogP) is 3.30. The number of alkyl halides is 4. The highest BCUT2D eigenvalue weighted by molar-refractivity contribution is 6.32. The molecular weight excluding hydrogens is 311 g/mol. The molecule has 8 heteroatoms. The summed E-state index contributed by atoms with van der Waals surface area (Å²) in [6, 6.07) is 2.83. The van der Waals surface area contributed by atoms with E-state index in [1.807, 2.05) is 0 Å². The molecule has 0 heterocycles. The van der Waals surface area contributed by atoms with Crippen molar-refractivity contribution in [3.8, 4) is 5.75 Å². The standard InChI is InChI=1S/C13H15ClF3NO3/c1-8(14)12(19)18-10-7-9(13(15,16)17)3-4-11(10)21-6-5-20-2/h3-4,7-8H,5-6H2,1-2H3,(H,18,19)/t8-/m0/s1. The third-order valence-corrected chi connectivity index (χ3v) is 2.67. The molecule has 0 fully saturated rings. The average molecular weight is 326 g/mol. The third-order valence-electron chi connectivity index (χ3n) is 2.47. The van der Waals surface area contributed by atoms with E-state index in [9.17, 15) is 18.0 Å². The second-order valence-corrected chi connectivity index (χ2v) is 4.81. The topological polar surface area (TPSA) is 47.6 Å². The van der Waals surface area contributed by atoms with Gasteiger partial charge >= 0.3 is 6.18 Å². The van der Waals surface area contributed by atoms with Crippen LogP contribution in [0, 0.1) is 0 Å². The molecule has 118 valence electrons. The van der Waals surface area contributed by atoms with E-state index in [0.29, 0.717) is 0 Å². The first kappa shape index (κ1) is 17.6. The molecular formula is C13H15ClF3NO3. The minimum absolute atomic E-state index is 0.0848. The van der Waals surface area contributed by atoms with Crippen LogP contribution in [-0.2, 0) is 15.7 Å². The Morgan fingerprint density at radius 3 is 2.57 bits per heavy atom. The quantitative estimate of drug-likeness (QED) is 0.645. The van der Waals surface area contributed by atoms with Crippen LogP contribution < -0.4 is 10.1 Å². The molecule has 1 N–H and O–H groups in total. The molecule has 0 saturated heterocycles. The molecule has 4 nitrogen and oxygen atoms in total. The molecule has 1 atom stereocenters. The van der Waals surface area contributed by atoms with Crippen LogP contribution in [0.2, 0.25) is 0 Å². The maximum absolute atomic E-state index is 12.7. The van der Waals surface area contributed by atoms with Crippen LogP contribution in [0.5, 0.6) is 5.75 Å². The lowest BCUT2D eigenvalue weighted by Crippen LogP contribution is -2.21. The minimum atomic E-state index is -4.52. The summed E-state index contributed by atoms with van der Waals surface area (Å²) in [5.74, 6) is -0.502. The maximum Gasteiger partial charge on any atom is 0.416 e. The Bertz CT molecular complexity index is 492. The lowest BCUT2D eigenvalue weighted by molar-refractivity contribution is -0.137. The van der Waals surface area contributed by atoms with Crippen molar-refractivity contribution in [1.82, 2.24) is 0 Å². The number of anilines is 1. The summed E-state index contributed by atoms with van der Waals surface area (Å²) in [5, 5.41) is 1.43. The normalized spacial score (nSPS) is 12.9. The van der Waals surface area contributed by atoms with E-state index < -0.39 is 23.0 Å². The SMILES string of the molecule is COCCOc1ccc(C(F)(F)F)cc1NC(=O)[C@H](C)Cl. The second kappa shape index (κ2) is 7.51. The van der Waals surface area contributed by atoms with Crippen molar-refractivity contribution in [2.75, 3.05) is 25.6 Å². The Balaban J connectivity index is 3.03. The Morgan fingerprint density at radius 1 is 1.38 bits per heavy atom. The summed E-state index contributed by atoms with van der Waals surface area (Å²) in [4.78, 5) is 11.6. The zero-order valence-electron chi connectivity index (χ0n) is 11.5. The number of benzene rings is 1. The molecule has 21 heavy (non-hydrogen) atoms. The average Bonchev–Trinajstić information content (AvgIpc) is 2.39. The summed E-state index contributed by atoms with van der Waals surface area (Å²) in [5.41, 5.74) is -0.974. The van der Waals surface area contributed by atoms with Crippen LogP contribution in [-0.4, -0.2) is 31.6 Å². The number of methoxy groups -OCH3 is 1. The number of ether oxygens (including phenoxy) is 2. The molecule has 1 rings (SSSR count). The Morgan fingerprint density at radius 2 is 2.05 bits per heavy atom. The highest BCUT2D eigenvalue weighted by Gasteiger charge is 2.31. The number of amides is 1. The molecule has 0 aliphatic heterocycles. The third kappa shape index (κ3) is 5.43. The number of carbonyl (C=O) groups is 1. The Labute approximate surface area is 125 Å². The van der Waals surface area contributed by atoms with Gasteiger partial charge in [0, 0.05) is 7.11 Å². The molecule has 0 aliphatic carbocycles. The van der Waals surface area contributed by atoms with Gasteiger partial charge in [0.1, 0.15) is 17.7 Å². The van der Waals surface area contributed by atoms with Gasteiger partial charge in [-0.15, -0.1) is 11.6 Å². The van der Waals surface area contributed by atoms with Crippen molar-refractivity contribution in [3.63, 3.8) is 0 Å². The first-order chi connectivity index (χ1) is 9.75. The summed E-state index contributed by atoms with van der Waals surface area (Å²) in [6.45, 7) is 1.82. The number of nitrogens with one attached hydrogen (secondary N) is 1. The molecule has 1 amide bonds. The summed E-state index contributed by atoms with van der Waals surface area (Å²) < 4.78 is 48.2. The summed E-state index contributed by atoms with van der Waals surface area (Å²) >= 11 is 5.59. The van der Waals surface area contributed by atoms with Crippen molar-refractivity contribution >= 4 is 23.2 Å². The van der Waals surface area contributed by atoms with Crippen LogP contribution in [0.15, 0.2) is 18.2 Å². The summed E-state index contributed by atoms with van der Waals surface area (Å²) in [7, 11) is 1.47. The van der Waals surface area contributed by atoms with Crippen molar-refractivity contribution in [1.29, 1.82) is 0 Å². The molecule has 0 aliphatic rings. The van der Waals surface area contributed by atoms with E-state index in [0.717, 1.165) is 18.2 Å². The van der Waals surface area contributed by atoms with Gasteiger partial charge in [0.25, 0.3) is 0 Å². The first-order valence-corrected chi connectivity index (χ1v) is 6.47. The highest BCUT2D eigenvalue weighted by Crippen LogP contribution is 2.35. The van der Waals surface area contributed by atoms with Crippen LogP contribution in [0.1, 0.15) is 12.5 Å². The van der Waals surface area contributed by atoms with Crippen LogP contribution in [0.25, 0.3) is 0 Å². The second-order valence-electron chi connectivity index (χ2n) is 4.16. The fourth-order valence-corrected chi connectivity index (χ4v) is 1.45. The van der Waals surface area contributed by atoms with Gasteiger partial charge in [0.05, 0.1) is 17.9 Å². The zero-order valence-corrected chi connectivity index (χ0v) is 12.2. The number of hydrogen-bond donors (Lipinski definition) is 1. The summed E-state index contributed by atoms with van der Waals surface area (Å²) in [6.07, 6.45) is -4.52. The van der Waals surface area contributed by atoms with Crippen LogP contribution in [0.4, 0.5) is 18.9 Å². The Hall–Kier alpha value is -1.47.